The van der Waals surface area contributed by atoms with Gasteiger partial charge in [0.1, 0.15) is 0 Å². The molecule has 0 aliphatic carbocycles. The SMILES string of the molecule is CCCCCCCC(CCCCC)COCC(COS(=O)(=O)OCC(COCC(CCCCC)CCCCCCC)N1CCc2ccccc2C1)N1CCc2ccccc2C1. The van der Waals surface area contributed by atoms with Crippen LogP contribution in [0.1, 0.15) is 178 Å². The molecule has 0 bridgehead atoms. The van der Waals surface area contributed by atoms with Crippen LogP contribution < -0.4 is 0 Å². The Morgan fingerprint density at radius 1 is 0.459 bits per heavy atom. The second-order valence-corrected chi connectivity index (χ2v) is 19.8. The Kier molecular flexibility index (Phi) is 26.4. The molecule has 9 heteroatoms. The molecule has 8 nitrogen and oxygen atoms in total. The third-order valence-corrected chi connectivity index (χ3v) is 14.2. The van der Waals surface area contributed by atoms with Crippen molar-refractivity contribution in [2.45, 2.75) is 194 Å². The molecule has 348 valence electrons. The summed E-state index contributed by atoms with van der Waals surface area (Å²) >= 11 is 0. The van der Waals surface area contributed by atoms with Crippen LogP contribution in [0.5, 0.6) is 0 Å². The van der Waals surface area contributed by atoms with Gasteiger partial charge in [-0.2, -0.15) is 8.42 Å². The fraction of sp³-hybridized carbons (Fsp3) is 0.769. The summed E-state index contributed by atoms with van der Waals surface area (Å²) < 4.78 is 52.0. The van der Waals surface area contributed by atoms with E-state index in [0.29, 0.717) is 38.3 Å². The Bertz CT molecular complexity index is 1420. The summed E-state index contributed by atoms with van der Waals surface area (Å²) in [6, 6.07) is 16.7. The number of hydrogen-bond donors (Lipinski definition) is 0. The molecule has 2 heterocycles. The van der Waals surface area contributed by atoms with E-state index in [4.69, 9.17) is 17.8 Å². The largest absolute Gasteiger partial charge is 0.399 e. The minimum Gasteiger partial charge on any atom is -0.379 e. The van der Waals surface area contributed by atoms with Crippen LogP contribution in [0.15, 0.2) is 48.5 Å². The van der Waals surface area contributed by atoms with E-state index in [1.54, 1.807) is 0 Å². The van der Waals surface area contributed by atoms with Crippen molar-refractivity contribution in [2.24, 2.45) is 11.8 Å². The molecule has 61 heavy (non-hydrogen) atoms. The predicted octanol–water partition coefficient (Wildman–Crippen LogP) is 12.3. The molecule has 2 aromatic rings. The minimum atomic E-state index is -4.29. The van der Waals surface area contributed by atoms with E-state index in [1.807, 2.05) is 0 Å². The van der Waals surface area contributed by atoms with Gasteiger partial charge in [0.05, 0.1) is 38.5 Å². The number of nitrogens with zero attached hydrogens (tertiary/aromatic N) is 2. The van der Waals surface area contributed by atoms with E-state index in [9.17, 15) is 8.42 Å². The predicted molar refractivity (Wildman–Crippen MR) is 253 cm³/mol. The van der Waals surface area contributed by atoms with Crippen molar-refractivity contribution < 1.29 is 26.3 Å². The second kappa shape index (κ2) is 31.1. The number of hydrogen-bond acceptors (Lipinski definition) is 8. The van der Waals surface area contributed by atoms with E-state index in [1.165, 1.54) is 151 Å². The van der Waals surface area contributed by atoms with Crippen molar-refractivity contribution in [1.29, 1.82) is 0 Å². The highest BCUT2D eigenvalue weighted by Crippen LogP contribution is 2.25. The topological polar surface area (TPSA) is 77.5 Å². The zero-order valence-corrected chi connectivity index (χ0v) is 40.1. The monoisotopic (exact) mass is 869 g/mol. The first-order valence-electron chi connectivity index (χ1n) is 25.2. The van der Waals surface area contributed by atoms with Crippen LogP contribution >= 0.6 is 0 Å². The molecule has 0 fully saturated rings. The average Bonchev–Trinajstić information content (AvgIpc) is 3.27. The smallest absolute Gasteiger partial charge is 0.379 e. The molecular formula is C52H88N2O6S. The van der Waals surface area contributed by atoms with Crippen molar-refractivity contribution in [3.8, 4) is 0 Å². The summed E-state index contributed by atoms with van der Waals surface area (Å²) in [5, 5.41) is 0. The van der Waals surface area contributed by atoms with E-state index in [0.717, 1.165) is 39.0 Å². The maximum absolute atomic E-state index is 13.7. The molecule has 0 amide bonds. The lowest BCUT2D eigenvalue weighted by Crippen LogP contribution is -2.46. The Labute approximate surface area is 374 Å². The van der Waals surface area contributed by atoms with Gasteiger partial charge >= 0.3 is 10.4 Å². The van der Waals surface area contributed by atoms with Crippen LogP contribution in [0, 0.1) is 11.8 Å². The van der Waals surface area contributed by atoms with Crippen LogP contribution in [-0.2, 0) is 54.2 Å². The Morgan fingerprint density at radius 2 is 0.803 bits per heavy atom. The van der Waals surface area contributed by atoms with Crippen molar-refractivity contribution >= 4 is 10.4 Å². The zero-order chi connectivity index (χ0) is 43.4. The van der Waals surface area contributed by atoms with Gasteiger partial charge in [0.25, 0.3) is 0 Å². The van der Waals surface area contributed by atoms with Gasteiger partial charge in [0, 0.05) is 39.4 Å². The zero-order valence-electron chi connectivity index (χ0n) is 39.3. The van der Waals surface area contributed by atoms with Gasteiger partial charge in [-0.05, 0) is 72.6 Å². The maximum atomic E-state index is 13.7. The first kappa shape index (κ1) is 51.8. The van der Waals surface area contributed by atoms with Crippen molar-refractivity contribution in [3.05, 3.63) is 70.8 Å². The van der Waals surface area contributed by atoms with Gasteiger partial charge in [-0.25, -0.2) is 8.37 Å². The summed E-state index contributed by atoms with van der Waals surface area (Å²) in [6.45, 7) is 14.5. The Hall–Kier alpha value is -1.85. The summed E-state index contributed by atoms with van der Waals surface area (Å²) in [5.74, 6) is 1.06. The maximum Gasteiger partial charge on any atom is 0.399 e. The number of fused-ring (bicyclic) bond motifs is 2. The molecule has 0 spiro atoms. The van der Waals surface area contributed by atoms with Gasteiger partial charge in [-0.15, -0.1) is 0 Å². The molecule has 0 N–H and O–H groups in total. The average molecular weight is 869 g/mol. The molecular weight excluding hydrogens is 781 g/mol. The van der Waals surface area contributed by atoms with Crippen molar-refractivity contribution in [2.75, 3.05) is 52.7 Å². The Balaban J connectivity index is 1.39. The molecule has 0 saturated carbocycles. The van der Waals surface area contributed by atoms with Gasteiger partial charge in [0.2, 0.25) is 0 Å². The van der Waals surface area contributed by atoms with Crippen molar-refractivity contribution in [1.82, 2.24) is 9.80 Å². The first-order valence-corrected chi connectivity index (χ1v) is 26.5. The van der Waals surface area contributed by atoms with E-state index >= 15 is 0 Å². The molecule has 2 aromatic carbocycles. The molecule has 2 aliphatic heterocycles. The molecule has 2 aliphatic rings. The highest BCUT2D eigenvalue weighted by atomic mass is 32.3. The van der Waals surface area contributed by atoms with Gasteiger partial charge in [-0.1, -0.05) is 179 Å². The standard InChI is InChI=1S/C52H88N2O6S/c1-5-9-13-15-19-27-45(25-17-11-7-3)39-57-41-51(53-35-33-47-29-21-23-31-49(47)37-53)43-59-61(55,56)60-44-52(54-36-34-48-30-22-24-32-50(48)38-54)42-58-40-46(26-18-12-8-4)28-20-16-14-10-6-2/h21-24,29-32,45-46,51-52H,5-20,25-28,33-44H2,1-4H3. The number of ether oxygens (including phenoxy) is 2. The first-order chi connectivity index (χ1) is 29.9. The third-order valence-electron chi connectivity index (χ3n) is 13.4. The minimum absolute atomic E-state index is 0.00201. The highest BCUT2D eigenvalue weighted by molar-refractivity contribution is 7.81. The van der Waals surface area contributed by atoms with Gasteiger partial charge < -0.3 is 9.47 Å². The van der Waals surface area contributed by atoms with Gasteiger partial charge in [-0.3, -0.25) is 9.80 Å². The summed E-state index contributed by atoms with van der Waals surface area (Å²) in [6.07, 6.45) is 26.9. The fourth-order valence-corrected chi connectivity index (χ4v) is 10.1. The number of benzene rings is 2. The number of rotatable bonds is 36. The lowest BCUT2D eigenvalue weighted by atomic mass is 9.95. The second-order valence-electron chi connectivity index (χ2n) is 18.5. The molecule has 4 unspecified atom stereocenters. The summed E-state index contributed by atoms with van der Waals surface area (Å²) in [4.78, 5) is 4.69. The molecule has 0 aromatic heterocycles. The highest BCUT2D eigenvalue weighted by Gasteiger charge is 2.30. The fourth-order valence-electron chi connectivity index (χ4n) is 9.34. The lowest BCUT2D eigenvalue weighted by molar-refractivity contribution is 0.00431. The molecule has 4 atom stereocenters. The molecule has 0 radical (unpaired) electrons. The quantitative estimate of drug-likeness (QED) is 0.0627. The van der Waals surface area contributed by atoms with Crippen LogP contribution in [0.3, 0.4) is 0 Å². The van der Waals surface area contributed by atoms with Crippen LogP contribution in [0.2, 0.25) is 0 Å². The molecule has 0 saturated heterocycles. The normalized spacial score (nSPS) is 16.9. The van der Waals surface area contributed by atoms with Crippen LogP contribution in [-0.4, -0.2) is 83.0 Å². The van der Waals surface area contributed by atoms with Crippen LogP contribution in [0.4, 0.5) is 0 Å². The Morgan fingerprint density at radius 3 is 1.20 bits per heavy atom. The van der Waals surface area contributed by atoms with Gasteiger partial charge in [0.15, 0.2) is 0 Å². The van der Waals surface area contributed by atoms with E-state index in [-0.39, 0.29) is 25.3 Å². The number of unbranched alkanes of at least 4 members (excludes halogenated alkanes) is 12. The van der Waals surface area contributed by atoms with Crippen molar-refractivity contribution in [3.63, 3.8) is 0 Å². The van der Waals surface area contributed by atoms with Crippen LogP contribution in [0.25, 0.3) is 0 Å². The summed E-state index contributed by atoms with van der Waals surface area (Å²) in [7, 11) is -4.29. The van der Waals surface area contributed by atoms with E-state index in [2.05, 4.69) is 86.0 Å². The van der Waals surface area contributed by atoms with E-state index < -0.39 is 10.4 Å². The summed E-state index contributed by atoms with van der Waals surface area (Å²) in [5.41, 5.74) is 5.30. The lowest BCUT2D eigenvalue weighted by Gasteiger charge is -2.36. The third kappa shape index (κ3) is 20.7. The molecule has 4 rings (SSSR count).